The van der Waals surface area contributed by atoms with Gasteiger partial charge in [0.1, 0.15) is 5.82 Å². The van der Waals surface area contributed by atoms with Gasteiger partial charge in [0, 0.05) is 23.3 Å². The monoisotopic (exact) mass is 351 g/mol. The van der Waals surface area contributed by atoms with Gasteiger partial charge in [-0.1, -0.05) is 37.0 Å². The Morgan fingerprint density at radius 1 is 1.22 bits per heavy atom. The molecular weight excluding hydrogens is 333 g/mol. The van der Waals surface area contributed by atoms with Crippen molar-refractivity contribution in [2.45, 2.75) is 20.3 Å². The highest BCUT2D eigenvalue weighted by Gasteiger charge is 2.08. The van der Waals surface area contributed by atoms with Crippen LogP contribution < -0.4 is 10.6 Å². The Kier molecular flexibility index (Phi) is 6.25. The molecule has 0 saturated heterocycles. The maximum absolute atomic E-state index is 12.1. The van der Waals surface area contributed by atoms with Crippen LogP contribution in [0.4, 0.5) is 11.5 Å². The van der Waals surface area contributed by atoms with Crippen molar-refractivity contribution in [3.05, 3.63) is 52.1 Å². The Balaban J connectivity index is 2.06. The molecule has 0 aliphatic carbocycles. The predicted octanol–water partition coefficient (Wildman–Crippen LogP) is 4.91. The molecule has 23 heavy (non-hydrogen) atoms. The summed E-state index contributed by atoms with van der Waals surface area (Å²) in [6, 6.07) is 8.52. The quantitative estimate of drug-likeness (QED) is 0.777. The number of rotatable bonds is 6. The van der Waals surface area contributed by atoms with E-state index >= 15 is 0 Å². The van der Waals surface area contributed by atoms with Crippen LogP contribution in [0.5, 0.6) is 0 Å². The van der Waals surface area contributed by atoms with Crippen molar-refractivity contribution in [3.63, 3.8) is 0 Å². The van der Waals surface area contributed by atoms with Crippen LogP contribution in [0.15, 0.2) is 36.5 Å². The Morgan fingerprint density at radius 3 is 2.70 bits per heavy atom. The topological polar surface area (TPSA) is 54.0 Å². The Morgan fingerprint density at radius 2 is 2.00 bits per heavy atom. The molecule has 1 aromatic heterocycles. The number of carbonyl (C=O) groups is 1. The number of nitrogens with one attached hydrogen (secondary N) is 2. The van der Waals surface area contributed by atoms with Gasteiger partial charge in [0.15, 0.2) is 0 Å². The SMILES string of the molecule is CC(C)CCNC(=O)c1ccnc(Nc2ccc(Cl)cc2Cl)c1. The summed E-state index contributed by atoms with van der Waals surface area (Å²) in [7, 11) is 0. The van der Waals surface area contributed by atoms with E-state index in [1.165, 1.54) is 0 Å². The van der Waals surface area contributed by atoms with Gasteiger partial charge in [0.2, 0.25) is 0 Å². The molecule has 1 amide bonds. The summed E-state index contributed by atoms with van der Waals surface area (Å²) in [6.45, 7) is 4.90. The van der Waals surface area contributed by atoms with E-state index in [1.807, 2.05) is 0 Å². The van der Waals surface area contributed by atoms with Crippen molar-refractivity contribution >= 4 is 40.6 Å². The third-order valence-electron chi connectivity index (χ3n) is 3.22. The average molecular weight is 352 g/mol. The molecule has 0 aliphatic rings. The van der Waals surface area contributed by atoms with Gasteiger partial charge in [-0.25, -0.2) is 4.98 Å². The zero-order chi connectivity index (χ0) is 16.8. The minimum absolute atomic E-state index is 0.113. The van der Waals surface area contributed by atoms with Gasteiger partial charge in [0.25, 0.3) is 5.91 Å². The third kappa shape index (κ3) is 5.41. The molecule has 0 unspecified atom stereocenters. The normalized spacial score (nSPS) is 10.7. The minimum atomic E-state index is -0.113. The molecule has 122 valence electrons. The number of aromatic nitrogens is 1. The van der Waals surface area contributed by atoms with Crippen molar-refractivity contribution in [1.29, 1.82) is 0 Å². The first kappa shape index (κ1) is 17.6. The Bertz CT molecular complexity index is 689. The molecule has 2 aromatic rings. The number of hydrogen-bond acceptors (Lipinski definition) is 3. The van der Waals surface area contributed by atoms with Gasteiger partial charge >= 0.3 is 0 Å². The highest BCUT2D eigenvalue weighted by Crippen LogP contribution is 2.27. The fourth-order valence-corrected chi connectivity index (χ4v) is 2.40. The lowest BCUT2D eigenvalue weighted by Crippen LogP contribution is -2.25. The molecule has 1 aromatic carbocycles. The van der Waals surface area contributed by atoms with Crippen molar-refractivity contribution in [3.8, 4) is 0 Å². The van der Waals surface area contributed by atoms with Gasteiger partial charge in [-0.3, -0.25) is 4.79 Å². The summed E-state index contributed by atoms with van der Waals surface area (Å²) in [5, 5.41) is 7.04. The molecule has 0 fully saturated rings. The fraction of sp³-hybridized carbons (Fsp3) is 0.294. The van der Waals surface area contributed by atoms with Crippen LogP contribution >= 0.6 is 23.2 Å². The number of benzene rings is 1. The van der Waals surface area contributed by atoms with E-state index in [-0.39, 0.29) is 5.91 Å². The van der Waals surface area contributed by atoms with E-state index in [0.717, 1.165) is 6.42 Å². The minimum Gasteiger partial charge on any atom is -0.352 e. The third-order valence-corrected chi connectivity index (χ3v) is 3.77. The molecule has 0 radical (unpaired) electrons. The first-order valence-corrected chi connectivity index (χ1v) is 8.17. The van der Waals surface area contributed by atoms with Crippen LogP contribution in [0.1, 0.15) is 30.6 Å². The fourth-order valence-electron chi connectivity index (χ4n) is 1.95. The summed E-state index contributed by atoms with van der Waals surface area (Å²) in [5.74, 6) is 0.987. The molecule has 2 rings (SSSR count). The zero-order valence-electron chi connectivity index (χ0n) is 13.1. The van der Waals surface area contributed by atoms with Crippen molar-refractivity contribution in [1.82, 2.24) is 10.3 Å². The second kappa shape index (κ2) is 8.18. The van der Waals surface area contributed by atoms with Crippen LogP contribution in [0, 0.1) is 5.92 Å². The van der Waals surface area contributed by atoms with E-state index in [9.17, 15) is 4.79 Å². The predicted molar refractivity (Wildman–Crippen MR) is 95.8 cm³/mol. The maximum atomic E-state index is 12.1. The van der Waals surface area contributed by atoms with Crippen molar-refractivity contribution < 1.29 is 4.79 Å². The molecule has 0 saturated carbocycles. The standard InChI is InChI=1S/C17H19Cl2N3O/c1-11(2)5-7-21-17(23)12-6-8-20-16(9-12)22-15-4-3-13(18)10-14(15)19/h3-4,6,8-11H,5,7H2,1-2H3,(H,20,22)(H,21,23). The molecule has 4 nitrogen and oxygen atoms in total. The number of pyridine rings is 1. The summed E-state index contributed by atoms with van der Waals surface area (Å²) < 4.78 is 0. The van der Waals surface area contributed by atoms with Crippen molar-refractivity contribution in [2.75, 3.05) is 11.9 Å². The lowest BCUT2D eigenvalue weighted by Gasteiger charge is -2.10. The molecule has 2 N–H and O–H groups in total. The Labute approximate surface area is 146 Å². The van der Waals surface area contributed by atoms with E-state index in [4.69, 9.17) is 23.2 Å². The molecular formula is C17H19Cl2N3O. The number of nitrogens with zero attached hydrogens (tertiary/aromatic N) is 1. The molecule has 0 aliphatic heterocycles. The molecule has 1 heterocycles. The van der Waals surface area contributed by atoms with Gasteiger partial charge in [-0.2, -0.15) is 0 Å². The van der Waals surface area contributed by atoms with E-state index in [2.05, 4.69) is 29.5 Å². The van der Waals surface area contributed by atoms with Crippen LogP contribution in [0.3, 0.4) is 0 Å². The first-order valence-electron chi connectivity index (χ1n) is 7.42. The summed E-state index contributed by atoms with van der Waals surface area (Å²) in [4.78, 5) is 16.3. The second-order valence-corrected chi connectivity index (χ2v) is 6.46. The lowest BCUT2D eigenvalue weighted by molar-refractivity contribution is 0.0952. The number of anilines is 2. The summed E-state index contributed by atoms with van der Waals surface area (Å²) >= 11 is 12.0. The first-order chi connectivity index (χ1) is 11.0. The van der Waals surface area contributed by atoms with Crippen LogP contribution in [-0.4, -0.2) is 17.4 Å². The highest BCUT2D eigenvalue weighted by molar-refractivity contribution is 6.36. The second-order valence-electron chi connectivity index (χ2n) is 5.62. The van der Waals surface area contributed by atoms with Crippen LogP contribution in [0.25, 0.3) is 0 Å². The number of amides is 1. The smallest absolute Gasteiger partial charge is 0.251 e. The van der Waals surface area contributed by atoms with E-state index in [0.29, 0.717) is 39.6 Å². The largest absolute Gasteiger partial charge is 0.352 e. The average Bonchev–Trinajstić information content (AvgIpc) is 2.50. The number of halogens is 2. The van der Waals surface area contributed by atoms with E-state index in [1.54, 1.807) is 36.5 Å². The lowest BCUT2D eigenvalue weighted by atomic mass is 10.1. The van der Waals surface area contributed by atoms with Crippen LogP contribution in [0.2, 0.25) is 10.0 Å². The molecule has 0 bridgehead atoms. The number of hydrogen-bond donors (Lipinski definition) is 2. The maximum Gasteiger partial charge on any atom is 0.251 e. The highest BCUT2D eigenvalue weighted by atomic mass is 35.5. The summed E-state index contributed by atoms with van der Waals surface area (Å²) in [6.07, 6.45) is 2.53. The van der Waals surface area contributed by atoms with E-state index < -0.39 is 0 Å². The Hall–Kier alpha value is -1.78. The van der Waals surface area contributed by atoms with Crippen molar-refractivity contribution in [2.24, 2.45) is 5.92 Å². The van der Waals surface area contributed by atoms with Gasteiger partial charge < -0.3 is 10.6 Å². The van der Waals surface area contributed by atoms with Crippen LogP contribution in [-0.2, 0) is 0 Å². The molecule has 6 heteroatoms. The molecule has 0 spiro atoms. The molecule has 0 atom stereocenters. The van der Waals surface area contributed by atoms with Gasteiger partial charge in [-0.05, 0) is 42.7 Å². The summed E-state index contributed by atoms with van der Waals surface area (Å²) in [5.41, 5.74) is 1.23. The van der Waals surface area contributed by atoms with Gasteiger partial charge in [-0.15, -0.1) is 0 Å². The van der Waals surface area contributed by atoms with Gasteiger partial charge in [0.05, 0.1) is 10.7 Å². The number of carbonyl (C=O) groups excluding carboxylic acids is 1. The zero-order valence-corrected chi connectivity index (χ0v) is 14.6.